The van der Waals surface area contributed by atoms with Crippen LogP contribution in [0.1, 0.15) is 41.4 Å². The maximum Gasteiger partial charge on any atom is 0.257 e. The number of rotatable bonds is 7. The van der Waals surface area contributed by atoms with Gasteiger partial charge < -0.3 is 10.1 Å². The molecule has 6 heteroatoms. The normalized spacial score (nSPS) is 16.9. The monoisotopic (exact) mass is 419 g/mol. The Morgan fingerprint density at radius 3 is 2.60 bits per heavy atom. The lowest BCUT2D eigenvalue weighted by atomic mass is 9.98. The van der Waals surface area contributed by atoms with Crippen molar-refractivity contribution < 1.29 is 9.53 Å². The Kier molecular flexibility index (Phi) is 6.26. The highest BCUT2D eigenvalue weighted by Gasteiger charge is 2.33. The maximum absolute atomic E-state index is 13.1. The highest BCUT2D eigenvalue weighted by atomic mass is 32.1. The fourth-order valence-electron chi connectivity index (χ4n) is 3.59. The highest BCUT2D eigenvalue weighted by molar-refractivity contribution is 7.10. The van der Waals surface area contributed by atoms with Gasteiger partial charge in [-0.05, 0) is 41.6 Å². The van der Waals surface area contributed by atoms with Crippen LogP contribution < -0.4 is 10.1 Å². The topological polar surface area (TPSA) is 53.9 Å². The van der Waals surface area contributed by atoms with Crippen molar-refractivity contribution in [3.8, 4) is 5.75 Å². The molecule has 2 atom stereocenters. The predicted octanol–water partition coefficient (Wildman–Crippen LogP) is 4.79. The van der Waals surface area contributed by atoms with Crippen LogP contribution in [0, 0.1) is 0 Å². The van der Waals surface area contributed by atoms with E-state index in [9.17, 15) is 4.79 Å². The van der Waals surface area contributed by atoms with Crippen molar-refractivity contribution in [2.24, 2.45) is 5.10 Å². The van der Waals surface area contributed by atoms with Crippen LogP contribution >= 0.6 is 11.3 Å². The number of carbonyl (C=O) groups excluding carboxylic acids is 1. The second-order valence-electron chi connectivity index (χ2n) is 7.26. The molecule has 0 aliphatic carbocycles. The van der Waals surface area contributed by atoms with Crippen molar-refractivity contribution >= 4 is 23.0 Å². The Labute approximate surface area is 181 Å². The summed E-state index contributed by atoms with van der Waals surface area (Å²) in [4.78, 5) is 14.4. The summed E-state index contributed by atoms with van der Waals surface area (Å²) in [5.41, 5.74) is 3.02. The minimum Gasteiger partial charge on any atom is -0.497 e. The predicted molar refractivity (Wildman–Crippen MR) is 121 cm³/mol. The van der Waals surface area contributed by atoms with Gasteiger partial charge in [-0.1, -0.05) is 48.5 Å². The Balaban J connectivity index is 1.54. The number of benzene rings is 2. The van der Waals surface area contributed by atoms with Crippen LogP contribution in [0.3, 0.4) is 0 Å². The van der Waals surface area contributed by atoms with Gasteiger partial charge in [-0.2, -0.15) is 5.10 Å². The Morgan fingerprint density at radius 2 is 1.93 bits per heavy atom. The van der Waals surface area contributed by atoms with Gasteiger partial charge in [-0.3, -0.25) is 4.79 Å². The van der Waals surface area contributed by atoms with E-state index in [1.165, 1.54) is 4.88 Å². The molecular weight excluding hydrogens is 394 g/mol. The van der Waals surface area contributed by atoms with Crippen molar-refractivity contribution in [2.75, 3.05) is 13.7 Å². The molecule has 154 valence electrons. The average Bonchev–Trinajstić information content (AvgIpc) is 3.48. The quantitative estimate of drug-likeness (QED) is 0.599. The summed E-state index contributed by atoms with van der Waals surface area (Å²) in [6, 6.07) is 22.0. The summed E-state index contributed by atoms with van der Waals surface area (Å²) in [7, 11) is 1.65. The zero-order valence-electron chi connectivity index (χ0n) is 17.1. The summed E-state index contributed by atoms with van der Waals surface area (Å²) < 4.78 is 5.28. The Bertz CT molecular complexity index is 1000. The fraction of sp³-hybridized carbons (Fsp3) is 0.250. The number of hydrazone groups is 1. The molecule has 1 aromatic heterocycles. The lowest BCUT2D eigenvalue weighted by Gasteiger charge is -2.23. The number of carbonyl (C=O) groups is 1. The first-order chi connectivity index (χ1) is 14.7. The van der Waals surface area contributed by atoms with Crippen molar-refractivity contribution in [3.63, 3.8) is 0 Å². The molecule has 30 heavy (non-hydrogen) atoms. The van der Waals surface area contributed by atoms with Crippen LogP contribution in [0.2, 0.25) is 0 Å². The molecule has 1 aliphatic heterocycles. The number of hydrogen-bond acceptors (Lipinski definition) is 5. The molecule has 1 N–H and O–H groups in total. The zero-order valence-corrected chi connectivity index (χ0v) is 17.9. The second kappa shape index (κ2) is 9.24. The van der Waals surface area contributed by atoms with E-state index >= 15 is 0 Å². The number of nitrogens with zero attached hydrogens (tertiary/aromatic N) is 2. The molecule has 0 radical (unpaired) electrons. The molecule has 1 aliphatic rings. The third-order valence-electron chi connectivity index (χ3n) is 5.30. The molecular formula is C24H25N3O2S. The maximum atomic E-state index is 13.1. The largest absolute Gasteiger partial charge is 0.497 e. The molecule has 0 saturated carbocycles. The van der Waals surface area contributed by atoms with Gasteiger partial charge in [0.1, 0.15) is 5.75 Å². The average molecular weight is 420 g/mol. The summed E-state index contributed by atoms with van der Waals surface area (Å²) >= 11 is 1.69. The Hall–Kier alpha value is -2.96. The lowest BCUT2D eigenvalue weighted by molar-refractivity contribution is -0.132. The van der Waals surface area contributed by atoms with Gasteiger partial charge >= 0.3 is 0 Å². The van der Waals surface area contributed by atoms with Crippen LogP contribution in [-0.4, -0.2) is 30.3 Å². The molecule has 0 fully saturated rings. The van der Waals surface area contributed by atoms with E-state index in [2.05, 4.69) is 18.3 Å². The highest BCUT2D eigenvalue weighted by Crippen LogP contribution is 2.33. The second-order valence-corrected chi connectivity index (χ2v) is 8.24. The minimum atomic E-state index is -0.127. The number of ether oxygens (including phenoxy) is 1. The Morgan fingerprint density at radius 1 is 1.17 bits per heavy atom. The van der Waals surface area contributed by atoms with Gasteiger partial charge in [-0.15, -0.1) is 11.3 Å². The van der Waals surface area contributed by atoms with E-state index in [0.717, 1.165) is 22.6 Å². The van der Waals surface area contributed by atoms with Crippen molar-refractivity contribution in [2.45, 2.75) is 25.4 Å². The van der Waals surface area contributed by atoms with Gasteiger partial charge in [0, 0.05) is 17.3 Å². The molecule has 0 bridgehead atoms. The SMILES string of the molecule is COc1ccc([C@H]2CC(c3ccccc3)=NN2C(=O)CN[C@@H](C)c2cccs2)cc1. The molecule has 4 rings (SSSR count). The van der Waals surface area contributed by atoms with Crippen molar-refractivity contribution in [3.05, 3.63) is 88.1 Å². The minimum absolute atomic E-state index is 0.0369. The van der Waals surface area contributed by atoms with Gasteiger partial charge in [-0.25, -0.2) is 5.01 Å². The number of hydrogen-bond donors (Lipinski definition) is 1. The molecule has 0 spiro atoms. The van der Waals surface area contributed by atoms with Crippen molar-refractivity contribution in [1.82, 2.24) is 10.3 Å². The molecule has 3 aromatic rings. The number of thiophene rings is 1. The number of nitrogens with one attached hydrogen (secondary N) is 1. The smallest absolute Gasteiger partial charge is 0.257 e. The number of amides is 1. The fourth-order valence-corrected chi connectivity index (χ4v) is 4.35. The van der Waals surface area contributed by atoms with Crippen LogP contribution in [0.5, 0.6) is 5.75 Å². The first kappa shape index (κ1) is 20.3. The van der Waals surface area contributed by atoms with E-state index in [4.69, 9.17) is 9.84 Å². The van der Waals surface area contributed by atoms with Gasteiger partial charge in [0.05, 0.1) is 25.4 Å². The third-order valence-corrected chi connectivity index (χ3v) is 6.36. The molecule has 1 amide bonds. The molecule has 2 heterocycles. The summed E-state index contributed by atoms with van der Waals surface area (Å²) in [6.45, 7) is 2.31. The first-order valence-corrected chi connectivity index (χ1v) is 10.9. The zero-order chi connectivity index (χ0) is 20.9. The molecule has 2 aromatic carbocycles. The van der Waals surface area contributed by atoms with Crippen LogP contribution in [0.4, 0.5) is 0 Å². The third kappa shape index (κ3) is 4.45. The standard InChI is InChI=1S/C24H25N3O2S/c1-17(23-9-6-14-30-23)25-16-24(28)27-22(19-10-12-20(29-2)13-11-19)15-21(26-27)18-7-4-3-5-8-18/h3-14,17,22,25H,15-16H2,1-2H3/t17-,22+/m0/s1. The van der Waals surface area contributed by atoms with Crippen LogP contribution in [-0.2, 0) is 4.79 Å². The van der Waals surface area contributed by atoms with E-state index in [1.807, 2.05) is 66.0 Å². The van der Waals surface area contributed by atoms with E-state index in [0.29, 0.717) is 6.42 Å². The van der Waals surface area contributed by atoms with E-state index in [1.54, 1.807) is 23.5 Å². The number of methoxy groups -OCH3 is 1. The van der Waals surface area contributed by atoms with E-state index in [-0.39, 0.29) is 24.5 Å². The summed E-state index contributed by atoms with van der Waals surface area (Å²) in [5, 5.41) is 11.8. The van der Waals surface area contributed by atoms with E-state index < -0.39 is 0 Å². The van der Waals surface area contributed by atoms with Crippen LogP contribution in [0.25, 0.3) is 0 Å². The van der Waals surface area contributed by atoms with Gasteiger partial charge in [0.25, 0.3) is 5.91 Å². The van der Waals surface area contributed by atoms with Gasteiger partial charge in [0.15, 0.2) is 0 Å². The van der Waals surface area contributed by atoms with Gasteiger partial charge in [0.2, 0.25) is 0 Å². The summed E-state index contributed by atoms with van der Waals surface area (Å²) in [5.74, 6) is 0.760. The van der Waals surface area contributed by atoms with Crippen LogP contribution in [0.15, 0.2) is 77.2 Å². The molecule has 5 nitrogen and oxygen atoms in total. The molecule has 0 unspecified atom stereocenters. The summed E-state index contributed by atoms with van der Waals surface area (Å²) in [6.07, 6.45) is 0.683. The van der Waals surface area contributed by atoms with Crippen molar-refractivity contribution in [1.29, 1.82) is 0 Å². The first-order valence-electron chi connectivity index (χ1n) is 10.0. The lowest BCUT2D eigenvalue weighted by Crippen LogP contribution is -2.36. The molecule has 0 saturated heterocycles.